The van der Waals surface area contributed by atoms with Crippen molar-refractivity contribution in [1.29, 1.82) is 0 Å². The van der Waals surface area contributed by atoms with Crippen LogP contribution < -0.4 is 61.5 Å². The molecule has 2 saturated heterocycles. The maximum Gasteiger partial charge on any atom is 1.00 e. The number of para-hydroxylation sites is 2. The van der Waals surface area contributed by atoms with Crippen molar-refractivity contribution >= 4 is 82.3 Å². The molecule has 0 spiro atoms. The first-order valence-corrected chi connectivity index (χ1v) is 32.7. The molecule has 0 saturated carbocycles. The van der Waals surface area contributed by atoms with Gasteiger partial charge in [-0.2, -0.15) is 23.5 Å². The first-order valence-electron chi connectivity index (χ1n) is 30.4. The number of aliphatic carboxylic acids is 2. The second kappa shape index (κ2) is 37.6. The summed E-state index contributed by atoms with van der Waals surface area (Å²) in [5.74, 6) is -10.1. The number of nitrogens with one attached hydrogen (secondary N) is 6. The Hall–Kier alpha value is -6.84. The van der Waals surface area contributed by atoms with E-state index in [-0.39, 0.29) is 91.4 Å². The van der Waals surface area contributed by atoms with Crippen LogP contribution in [0.3, 0.4) is 0 Å². The Morgan fingerprint density at radius 2 is 0.842 bits per heavy atom. The third kappa shape index (κ3) is 22.4. The van der Waals surface area contributed by atoms with Crippen molar-refractivity contribution in [3.63, 3.8) is 0 Å². The van der Waals surface area contributed by atoms with Gasteiger partial charge in [-0.1, -0.05) is 97.1 Å². The van der Waals surface area contributed by atoms with Gasteiger partial charge in [-0.3, -0.25) is 28.8 Å². The fourth-order valence-electron chi connectivity index (χ4n) is 10.5. The molecular formula is C66H80N6NaO20S2+. The zero-order valence-corrected chi connectivity index (χ0v) is 56.3. The van der Waals surface area contributed by atoms with Crippen LogP contribution in [-0.4, -0.2) is 210 Å². The molecule has 2 aliphatic heterocycles. The Morgan fingerprint density at radius 1 is 0.505 bits per heavy atom. The molecule has 0 radical (unpaired) electrons. The SMILES string of the molecule is CC(=O)N[C@@H]1[C@@H](O)C[C@](OCCCSCCC(=O)Nc2ccccc2NC(=O)CCSCCCO[C@]2(C(=O)O)C[C@H](O)[C@@H](NC(C)=O)[C@H](C(O)[C@H](O)CNC(=O)c3ccc(-c4ccccc4)cc3)O2)(C(=O)O)O[C@H]1C(O)[C@H](O)CNC(=O)c1ccc(-c2ccccc2)cc1.[Na+]. The summed E-state index contributed by atoms with van der Waals surface area (Å²) in [5, 5.41) is 103. The first kappa shape index (κ1) is 77.2. The van der Waals surface area contributed by atoms with Gasteiger partial charge in [0.25, 0.3) is 23.4 Å². The number of hydrogen-bond acceptors (Lipinski definition) is 20. The molecule has 12 atom stereocenters. The summed E-state index contributed by atoms with van der Waals surface area (Å²) < 4.78 is 23.2. The number of rotatable bonds is 34. The number of aliphatic hydroxyl groups excluding tert-OH is 6. The predicted molar refractivity (Wildman–Crippen MR) is 348 cm³/mol. The summed E-state index contributed by atoms with van der Waals surface area (Å²) in [4.78, 5) is 102. The van der Waals surface area contributed by atoms with Crippen LogP contribution in [-0.2, 0) is 47.7 Å². The summed E-state index contributed by atoms with van der Waals surface area (Å²) >= 11 is 2.71. The molecule has 2 fully saturated rings. The van der Waals surface area contributed by atoms with Gasteiger partial charge in [0.1, 0.15) is 24.4 Å². The van der Waals surface area contributed by atoms with Crippen LogP contribution >= 0.6 is 23.5 Å². The molecule has 0 aromatic heterocycles. The van der Waals surface area contributed by atoms with Gasteiger partial charge in [0.15, 0.2) is 0 Å². The van der Waals surface area contributed by atoms with E-state index in [1.165, 1.54) is 23.5 Å². The van der Waals surface area contributed by atoms with Crippen molar-refractivity contribution in [3.05, 3.63) is 145 Å². The number of ether oxygens (including phenoxy) is 4. The standard InChI is InChI=1S/C66H80N6O20S2.Na/c1-39(73)69-55-49(75)35-65(63(85)86,91-59(55)57(81)51(77)37-67-61(83)45-23-19-43(20-24-45)41-13-5-3-6-14-41)89-29-11-31-93-33-27-53(79)71-47-17-9-10-18-48(47)72-54(80)28-34-94-32-12-30-90-66(64(87)88)36-50(76)56(70-40(2)74)60(92-66)58(82)52(78)38-68-62(84)46-25-21-44(22-26-46)42-15-7-4-8-16-42;/h3-10,13-26,49-52,55-60,75-78,81-82H,11-12,27-38H2,1-2H3,(H,67,83)(H,68,84)(H,69,73)(H,70,74)(H,71,79)(H,72,80)(H,85,86)(H,87,88);/q;+1/t49-,50-,51+,52+,55+,56+,57?,58?,59+,60+,65+,66+;/m0./s1. The third-order valence-electron chi connectivity index (χ3n) is 15.4. The molecule has 0 bridgehead atoms. The fraction of sp³-hybridized carbons (Fsp3) is 0.424. The van der Waals surface area contributed by atoms with E-state index in [1.54, 1.807) is 72.8 Å². The molecule has 2 unspecified atom stereocenters. The van der Waals surface area contributed by atoms with Crippen molar-refractivity contribution in [2.24, 2.45) is 0 Å². The molecule has 6 amide bonds. The molecule has 506 valence electrons. The van der Waals surface area contributed by atoms with Crippen LogP contribution in [0.15, 0.2) is 133 Å². The van der Waals surface area contributed by atoms with Crippen LogP contribution in [0.2, 0.25) is 0 Å². The molecule has 5 aromatic rings. The predicted octanol–water partition coefficient (Wildman–Crippen LogP) is 0.136. The first-order chi connectivity index (χ1) is 45.0. The number of carbonyl (C=O) groups excluding carboxylic acids is 6. The third-order valence-corrected chi connectivity index (χ3v) is 17.5. The van der Waals surface area contributed by atoms with E-state index >= 15 is 0 Å². The minimum Gasteiger partial charge on any atom is -0.477 e. The summed E-state index contributed by atoms with van der Waals surface area (Å²) in [6.07, 6.45) is -14.8. The molecule has 95 heavy (non-hydrogen) atoms. The van der Waals surface area contributed by atoms with Crippen LogP contribution in [0.5, 0.6) is 0 Å². The Morgan fingerprint density at radius 3 is 1.18 bits per heavy atom. The number of carboxylic acid groups (broad SMARTS) is 2. The number of benzene rings is 5. The van der Waals surface area contributed by atoms with Crippen molar-refractivity contribution in [2.45, 2.75) is 125 Å². The summed E-state index contributed by atoms with van der Waals surface area (Å²) in [6.45, 7) is 0.816. The minimum atomic E-state index is -2.52. The number of thioether (sulfide) groups is 2. The Kier molecular flexibility index (Phi) is 30.6. The molecule has 26 nitrogen and oxygen atoms in total. The summed E-state index contributed by atoms with van der Waals surface area (Å²) in [5.41, 5.74) is 4.82. The van der Waals surface area contributed by atoms with Gasteiger partial charge in [0.05, 0.1) is 61.1 Å². The van der Waals surface area contributed by atoms with Gasteiger partial charge in [-0.15, -0.1) is 0 Å². The summed E-state index contributed by atoms with van der Waals surface area (Å²) in [7, 11) is 0. The smallest absolute Gasteiger partial charge is 0.477 e. The van der Waals surface area contributed by atoms with Gasteiger partial charge in [-0.25, -0.2) is 9.59 Å². The zero-order valence-electron chi connectivity index (χ0n) is 52.7. The van der Waals surface area contributed by atoms with Crippen molar-refractivity contribution in [3.8, 4) is 22.3 Å². The molecule has 7 rings (SSSR count). The quantitative estimate of drug-likeness (QED) is 0.0192. The minimum absolute atomic E-state index is 0. The summed E-state index contributed by atoms with van der Waals surface area (Å²) in [6, 6.07) is 36.1. The van der Waals surface area contributed by atoms with Gasteiger partial charge >= 0.3 is 41.5 Å². The van der Waals surface area contributed by atoms with E-state index in [1.807, 2.05) is 60.7 Å². The number of amides is 6. The maximum atomic E-state index is 13.1. The Labute approximate surface area is 579 Å². The monoisotopic (exact) mass is 1360 g/mol. The fourth-order valence-corrected chi connectivity index (χ4v) is 12.2. The molecule has 2 aliphatic rings. The van der Waals surface area contributed by atoms with E-state index in [0.717, 1.165) is 36.1 Å². The number of hydrogen-bond donors (Lipinski definition) is 14. The van der Waals surface area contributed by atoms with Crippen LogP contribution in [0.1, 0.15) is 73.1 Å². The van der Waals surface area contributed by atoms with Crippen molar-refractivity contribution in [2.75, 3.05) is 59.9 Å². The molecule has 5 aromatic carbocycles. The van der Waals surface area contributed by atoms with Crippen LogP contribution in [0.4, 0.5) is 11.4 Å². The second-order valence-electron chi connectivity index (χ2n) is 22.5. The van der Waals surface area contributed by atoms with Crippen molar-refractivity contribution < 1.29 is 128 Å². The van der Waals surface area contributed by atoms with E-state index < -0.39 is 134 Å². The zero-order chi connectivity index (χ0) is 68.0. The van der Waals surface area contributed by atoms with Gasteiger partial charge in [0, 0.05) is 75.3 Å². The van der Waals surface area contributed by atoms with Crippen molar-refractivity contribution in [1.82, 2.24) is 21.3 Å². The number of carboxylic acids is 2. The number of carbonyl (C=O) groups is 8. The molecule has 2 heterocycles. The van der Waals surface area contributed by atoms with E-state index in [9.17, 15) is 79.2 Å². The van der Waals surface area contributed by atoms with E-state index in [4.69, 9.17) is 18.9 Å². The number of anilines is 2. The number of aliphatic hydroxyl groups is 6. The van der Waals surface area contributed by atoms with Crippen LogP contribution in [0, 0.1) is 0 Å². The average Bonchev–Trinajstić information content (AvgIpc) is 0.780. The Bertz CT molecular complexity index is 3130. The molecule has 29 heteroatoms. The normalized spacial score (nSPS) is 22.0. The van der Waals surface area contributed by atoms with Gasteiger partial charge in [0.2, 0.25) is 23.6 Å². The van der Waals surface area contributed by atoms with Crippen LogP contribution in [0.25, 0.3) is 22.3 Å². The van der Waals surface area contributed by atoms with Gasteiger partial charge < -0.3 is 91.7 Å². The maximum absolute atomic E-state index is 13.1. The molecular weight excluding hydrogens is 1280 g/mol. The van der Waals surface area contributed by atoms with Gasteiger partial charge in [-0.05, 0) is 83.0 Å². The van der Waals surface area contributed by atoms with E-state index in [0.29, 0.717) is 34.4 Å². The molecule has 14 N–H and O–H groups in total. The topological polar surface area (TPSA) is 408 Å². The molecule has 0 aliphatic carbocycles. The second-order valence-corrected chi connectivity index (χ2v) is 24.9. The van der Waals surface area contributed by atoms with E-state index in [2.05, 4.69) is 31.9 Å². The average molecular weight is 1360 g/mol. The largest absolute Gasteiger partial charge is 1.00 e. The Balaban J connectivity index is 0.0000143.